The number of carbonyl (C=O) groups is 1. The lowest BCUT2D eigenvalue weighted by Crippen LogP contribution is -2.51. The van der Waals surface area contributed by atoms with Crippen molar-refractivity contribution in [2.75, 3.05) is 37.7 Å². The minimum Gasteiger partial charge on any atom is -0.374 e. The third-order valence-electron chi connectivity index (χ3n) is 5.29. The molecule has 156 valence electrons. The summed E-state index contributed by atoms with van der Waals surface area (Å²) in [5, 5.41) is 7.99. The van der Waals surface area contributed by atoms with Gasteiger partial charge in [-0.25, -0.2) is 8.42 Å². The lowest BCUT2D eigenvalue weighted by atomic mass is 9.92. The molecule has 0 spiro atoms. The number of benzene rings is 1. The highest BCUT2D eigenvalue weighted by molar-refractivity contribution is 8.01. The molecule has 2 heterocycles. The summed E-state index contributed by atoms with van der Waals surface area (Å²) in [5.41, 5.74) is 7.96. The molecule has 1 saturated heterocycles. The monoisotopic (exact) mass is 453 g/mol. The van der Waals surface area contributed by atoms with Gasteiger partial charge in [0, 0.05) is 26.2 Å². The van der Waals surface area contributed by atoms with Gasteiger partial charge in [0.2, 0.25) is 21.1 Å². The molecule has 1 fully saturated rings. The van der Waals surface area contributed by atoms with E-state index in [2.05, 4.69) is 10.2 Å². The first kappa shape index (κ1) is 20.6. The molecule has 1 aliphatic carbocycles. The molecule has 11 heteroatoms. The van der Waals surface area contributed by atoms with Gasteiger partial charge >= 0.3 is 0 Å². The molecule has 2 aromatic rings. The molecule has 8 nitrogen and oxygen atoms in total. The molecule has 0 radical (unpaired) electrons. The van der Waals surface area contributed by atoms with Crippen LogP contribution in [-0.4, -0.2) is 65.7 Å². The van der Waals surface area contributed by atoms with Crippen molar-refractivity contribution in [3.8, 4) is 0 Å². The highest BCUT2D eigenvalue weighted by atomic mass is 32.2. The fourth-order valence-electron chi connectivity index (χ4n) is 3.69. The third-order valence-corrected chi connectivity index (χ3v) is 9.06. The standard InChI is InChI=1S/C18H23N5O3S3/c19-17-20-21-18(28-17)27-12-16(24)22-7-9-23(10-8-22)29(25,26)15-6-5-13-3-1-2-4-14(13)11-15/h5-6,11H,1-4,7-10,12H2,(H2,19,20). The van der Waals surface area contributed by atoms with Crippen LogP contribution in [0.4, 0.5) is 5.13 Å². The zero-order valence-corrected chi connectivity index (χ0v) is 18.4. The molecule has 0 bridgehead atoms. The Morgan fingerprint density at radius 1 is 1.10 bits per heavy atom. The van der Waals surface area contributed by atoms with E-state index in [1.165, 1.54) is 39.4 Å². The molecule has 1 amide bonds. The Morgan fingerprint density at radius 2 is 1.83 bits per heavy atom. The topological polar surface area (TPSA) is 109 Å². The van der Waals surface area contributed by atoms with Crippen LogP contribution in [-0.2, 0) is 27.7 Å². The number of amides is 1. The molecule has 1 aliphatic heterocycles. The van der Waals surface area contributed by atoms with E-state index in [9.17, 15) is 13.2 Å². The van der Waals surface area contributed by atoms with Crippen molar-refractivity contribution in [3.63, 3.8) is 0 Å². The molecule has 29 heavy (non-hydrogen) atoms. The van der Waals surface area contributed by atoms with Crippen LogP contribution in [0.5, 0.6) is 0 Å². The summed E-state index contributed by atoms with van der Waals surface area (Å²) >= 11 is 2.55. The minimum atomic E-state index is -3.54. The van der Waals surface area contributed by atoms with E-state index in [1.807, 2.05) is 12.1 Å². The maximum absolute atomic E-state index is 13.1. The Bertz CT molecular complexity index is 1000. The van der Waals surface area contributed by atoms with E-state index in [0.29, 0.717) is 40.5 Å². The van der Waals surface area contributed by atoms with Crippen molar-refractivity contribution in [2.45, 2.75) is 34.9 Å². The average molecular weight is 454 g/mol. The predicted molar refractivity (Wildman–Crippen MR) is 113 cm³/mol. The number of anilines is 1. The summed E-state index contributed by atoms with van der Waals surface area (Å²) in [6.45, 7) is 1.40. The largest absolute Gasteiger partial charge is 0.374 e. The fraction of sp³-hybridized carbons (Fsp3) is 0.500. The van der Waals surface area contributed by atoms with Gasteiger partial charge < -0.3 is 10.6 Å². The highest BCUT2D eigenvalue weighted by Crippen LogP contribution is 2.27. The lowest BCUT2D eigenvalue weighted by Gasteiger charge is -2.34. The number of rotatable bonds is 5. The average Bonchev–Trinajstić information content (AvgIpc) is 3.17. The van der Waals surface area contributed by atoms with Crippen molar-refractivity contribution < 1.29 is 13.2 Å². The number of nitrogens with two attached hydrogens (primary N) is 1. The number of sulfonamides is 1. The van der Waals surface area contributed by atoms with Gasteiger partial charge in [-0.15, -0.1) is 10.2 Å². The van der Waals surface area contributed by atoms with E-state index in [-0.39, 0.29) is 11.7 Å². The van der Waals surface area contributed by atoms with Gasteiger partial charge in [-0.1, -0.05) is 29.2 Å². The third kappa shape index (κ3) is 4.57. The van der Waals surface area contributed by atoms with Crippen molar-refractivity contribution in [1.29, 1.82) is 0 Å². The quantitative estimate of drug-likeness (QED) is 0.685. The Labute approximate surface area is 178 Å². The van der Waals surface area contributed by atoms with Gasteiger partial charge in [0.15, 0.2) is 4.34 Å². The summed E-state index contributed by atoms with van der Waals surface area (Å²) < 4.78 is 28.3. The van der Waals surface area contributed by atoms with Crippen molar-refractivity contribution in [1.82, 2.24) is 19.4 Å². The molecule has 0 atom stereocenters. The summed E-state index contributed by atoms with van der Waals surface area (Å²) in [7, 11) is -3.54. The number of piperazine rings is 1. The van der Waals surface area contributed by atoms with E-state index in [0.717, 1.165) is 24.8 Å². The van der Waals surface area contributed by atoms with Crippen molar-refractivity contribution in [3.05, 3.63) is 29.3 Å². The summed E-state index contributed by atoms with van der Waals surface area (Å²) in [6, 6.07) is 5.52. The van der Waals surface area contributed by atoms with Crippen molar-refractivity contribution in [2.24, 2.45) is 0 Å². The smallest absolute Gasteiger partial charge is 0.243 e. The van der Waals surface area contributed by atoms with Crippen LogP contribution in [0.2, 0.25) is 0 Å². The normalized spacial score (nSPS) is 17.9. The van der Waals surface area contributed by atoms with Gasteiger partial charge in [-0.3, -0.25) is 4.79 Å². The number of aryl methyl sites for hydroxylation is 2. The van der Waals surface area contributed by atoms with E-state index >= 15 is 0 Å². The molecule has 2 aliphatic rings. The molecule has 1 aromatic heterocycles. The summed E-state index contributed by atoms with van der Waals surface area (Å²) in [5.74, 6) is 0.209. The minimum absolute atomic E-state index is 0.0328. The first-order valence-corrected chi connectivity index (χ1v) is 12.8. The predicted octanol–water partition coefficient (Wildman–Crippen LogP) is 1.62. The Kier molecular flexibility index (Phi) is 6.09. The molecular weight excluding hydrogens is 430 g/mol. The number of hydrogen-bond donors (Lipinski definition) is 1. The second kappa shape index (κ2) is 8.58. The molecular formula is C18H23N5O3S3. The molecule has 0 unspecified atom stereocenters. The number of nitrogen functional groups attached to an aromatic ring is 1. The molecule has 1 aromatic carbocycles. The molecule has 4 rings (SSSR count). The van der Waals surface area contributed by atoms with E-state index in [1.54, 1.807) is 11.0 Å². The van der Waals surface area contributed by atoms with Crippen LogP contribution in [0.1, 0.15) is 24.0 Å². The maximum Gasteiger partial charge on any atom is 0.243 e. The first-order chi connectivity index (χ1) is 13.9. The zero-order chi connectivity index (χ0) is 20.4. The van der Waals surface area contributed by atoms with Crippen LogP contribution < -0.4 is 5.73 Å². The summed E-state index contributed by atoms with van der Waals surface area (Å²) in [4.78, 5) is 14.5. The van der Waals surface area contributed by atoms with Crippen molar-refractivity contribution >= 4 is 44.2 Å². The van der Waals surface area contributed by atoms with Crippen LogP contribution in [0.25, 0.3) is 0 Å². The van der Waals surface area contributed by atoms with Gasteiger partial charge in [-0.2, -0.15) is 4.31 Å². The van der Waals surface area contributed by atoms with E-state index < -0.39 is 10.0 Å². The van der Waals surface area contributed by atoms with Gasteiger partial charge in [0.25, 0.3) is 0 Å². The Hall–Kier alpha value is -1.69. The second-order valence-electron chi connectivity index (χ2n) is 7.12. The first-order valence-electron chi connectivity index (χ1n) is 9.55. The van der Waals surface area contributed by atoms with Gasteiger partial charge in [0.1, 0.15) is 0 Å². The maximum atomic E-state index is 13.1. The second-order valence-corrected chi connectivity index (χ2v) is 11.3. The SMILES string of the molecule is Nc1nnc(SCC(=O)N2CCN(S(=O)(=O)c3ccc4c(c3)CCCC4)CC2)s1. The number of carbonyl (C=O) groups excluding carboxylic acids is 1. The lowest BCUT2D eigenvalue weighted by molar-refractivity contribution is -0.129. The van der Waals surface area contributed by atoms with Gasteiger partial charge in [0.05, 0.1) is 10.6 Å². The molecule has 2 N–H and O–H groups in total. The van der Waals surface area contributed by atoms with Crippen LogP contribution in [0, 0.1) is 0 Å². The number of aromatic nitrogens is 2. The Balaban J connectivity index is 1.35. The van der Waals surface area contributed by atoms with Crippen LogP contribution in [0.15, 0.2) is 27.4 Å². The van der Waals surface area contributed by atoms with Gasteiger partial charge in [-0.05, 0) is 48.9 Å². The van der Waals surface area contributed by atoms with Crippen LogP contribution >= 0.6 is 23.1 Å². The number of thioether (sulfide) groups is 1. The number of fused-ring (bicyclic) bond motifs is 1. The van der Waals surface area contributed by atoms with E-state index in [4.69, 9.17) is 5.73 Å². The number of hydrogen-bond acceptors (Lipinski definition) is 8. The molecule has 0 saturated carbocycles. The Morgan fingerprint density at radius 3 is 2.52 bits per heavy atom. The zero-order valence-electron chi connectivity index (χ0n) is 15.9. The van der Waals surface area contributed by atoms with Crippen LogP contribution in [0.3, 0.4) is 0 Å². The fourth-order valence-corrected chi connectivity index (χ4v) is 6.70. The highest BCUT2D eigenvalue weighted by Gasteiger charge is 2.30. The number of nitrogens with zero attached hydrogens (tertiary/aromatic N) is 4. The summed E-state index contributed by atoms with van der Waals surface area (Å²) in [6.07, 6.45) is 4.25.